The van der Waals surface area contributed by atoms with Gasteiger partial charge in [0, 0.05) is 28.1 Å². The maximum Gasteiger partial charge on any atom is 1.00 e. The monoisotopic (exact) mass is 544 g/mol. The summed E-state index contributed by atoms with van der Waals surface area (Å²) >= 11 is 0. The molecule has 1 aliphatic heterocycles. The van der Waals surface area contributed by atoms with E-state index in [1.165, 1.54) is 30.3 Å². The van der Waals surface area contributed by atoms with Crippen molar-refractivity contribution in [1.29, 1.82) is 0 Å². The maximum atomic E-state index is 11.7. The Bertz CT molecular complexity index is 1170. The molecule has 0 N–H and O–H groups in total. The van der Waals surface area contributed by atoms with Crippen LogP contribution in [0.5, 0.6) is 5.75 Å². The van der Waals surface area contributed by atoms with Crippen molar-refractivity contribution in [3.05, 3.63) is 76.5 Å². The van der Waals surface area contributed by atoms with Gasteiger partial charge < -0.3 is 19.4 Å². The van der Waals surface area contributed by atoms with E-state index in [2.05, 4.69) is 0 Å². The zero-order valence-corrected chi connectivity index (χ0v) is 16.4. The van der Waals surface area contributed by atoms with Gasteiger partial charge in [-0.1, -0.05) is 36.4 Å². The summed E-state index contributed by atoms with van der Waals surface area (Å²) in [6.45, 7) is 0. The predicted molar refractivity (Wildman–Crippen MR) is 88.3 cm³/mol. The Kier molecular flexibility index (Phi) is 6.49. The van der Waals surface area contributed by atoms with Crippen molar-refractivity contribution in [1.82, 2.24) is 0 Å². The van der Waals surface area contributed by atoms with Crippen LogP contribution >= 0.6 is 0 Å². The molecule has 142 valence electrons. The first-order chi connectivity index (χ1) is 12.0. The van der Waals surface area contributed by atoms with E-state index in [4.69, 9.17) is 4.42 Å². The van der Waals surface area contributed by atoms with Crippen LogP contribution in [0.3, 0.4) is 0 Å². The minimum Gasteiger partial charge on any atom is -0.872 e. The van der Waals surface area contributed by atoms with Crippen molar-refractivity contribution in [3.8, 4) is 28.2 Å². The van der Waals surface area contributed by atoms with E-state index in [1.807, 2.05) is 0 Å². The summed E-state index contributed by atoms with van der Waals surface area (Å²) in [6.07, 6.45) is 0. The van der Waals surface area contributed by atoms with E-state index in [-0.39, 0.29) is 72.8 Å². The smallest absolute Gasteiger partial charge is 0.872 e. The third-order valence-electron chi connectivity index (χ3n) is 4.08. The Morgan fingerprint density at radius 3 is 2.37 bits per heavy atom. The van der Waals surface area contributed by atoms with Gasteiger partial charge in [-0.3, -0.25) is 4.79 Å². The van der Waals surface area contributed by atoms with Gasteiger partial charge in [0.05, 0.1) is 5.97 Å². The quantitative estimate of drug-likeness (QED) is 0.284. The largest absolute Gasteiger partial charge is 1.00 e. The second-order valence-electron chi connectivity index (χ2n) is 5.63. The number of aromatic carboxylic acids is 1. The average Bonchev–Trinajstić information content (AvgIpc) is 2.59. The summed E-state index contributed by atoms with van der Waals surface area (Å²) in [7, 11) is 0. The molecule has 0 saturated carbocycles. The number of carboxylic acid groups (broad SMARTS) is 1. The van der Waals surface area contributed by atoms with Crippen molar-refractivity contribution in [3.63, 3.8) is 0 Å². The summed E-state index contributed by atoms with van der Waals surface area (Å²) < 4.78 is 5.71. The van der Waals surface area contributed by atoms with Crippen LogP contribution in [-0.2, 0) is 44.8 Å². The molecule has 4 rings (SSSR count). The summed E-state index contributed by atoms with van der Waals surface area (Å²) in [6, 6.07) is 15.0. The molecule has 2 aromatic rings. The predicted octanol–water partition coefficient (Wildman–Crippen LogP) is 2.00. The Hall–Kier alpha value is -2.12. The first-order valence-electron chi connectivity index (χ1n) is 7.53. The maximum absolute atomic E-state index is 11.7. The molecule has 1 heterocycles. The average molecular weight is 546 g/mol. The second-order valence-corrected chi connectivity index (χ2v) is 5.63. The standard InChI is InChI=1S/C20H12O5.2Ag/c21-11-5-7-15-17(9-11)25-18-10-12(22)6-8-16(18)19(15)13-3-1-2-4-14(13)20(23)24;;/h1-10,21H,(H,23,24);;/q;2*+1/p-2. The molecular formula is C20H10Ag2O5. The summed E-state index contributed by atoms with van der Waals surface area (Å²) in [4.78, 5) is 23.2. The molecular weight excluding hydrogens is 536 g/mol. The van der Waals surface area contributed by atoms with Crippen LogP contribution in [0.1, 0.15) is 10.4 Å². The van der Waals surface area contributed by atoms with Crippen molar-refractivity contribution in [2.45, 2.75) is 0 Å². The molecule has 0 bridgehead atoms. The van der Waals surface area contributed by atoms with E-state index in [0.717, 1.165) is 0 Å². The van der Waals surface area contributed by atoms with Crippen LogP contribution in [0, 0.1) is 0 Å². The molecule has 0 radical (unpaired) electrons. The number of fused-ring (bicyclic) bond motifs is 2. The van der Waals surface area contributed by atoms with Crippen molar-refractivity contribution in [2.24, 2.45) is 0 Å². The third kappa shape index (κ3) is 3.80. The van der Waals surface area contributed by atoms with E-state index in [1.54, 1.807) is 30.3 Å². The number of rotatable bonds is 2. The van der Waals surface area contributed by atoms with Crippen molar-refractivity contribution >= 4 is 16.9 Å². The number of carbonyl (C=O) groups is 1. The summed E-state index contributed by atoms with van der Waals surface area (Å²) in [5, 5.41) is 23.8. The van der Waals surface area contributed by atoms with Gasteiger partial charge in [-0.15, -0.1) is 5.75 Å². The molecule has 1 aliphatic carbocycles. The minimum absolute atomic E-state index is 0. The zero-order chi connectivity index (χ0) is 17.6. The fourth-order valence-electron chi connectivity index (χ4n) is 3.02. The molecule has 2 aromatic carbocycles. The third-order valence-corrected chi connectivity index (χ3v) is 4.08. The molecule has 0 spiro atoms. The second kappa shape index (κ2) is 8.27. The van der Waals surface area contributed by atoms with Gasteiger partial charge in [-0.05, 0) is 23.8 Å². The summed E-state index contributed by atoms with van der Waals surface area (Å²) in [5.74, 6) is -1.26. The van der Waals surface area contributed by atoms with E-state index >= 15 is 0 Å². The molecule has 0 saturated heterocycles. The first-order valence-corrected chi connectivity index (χ1v) is 7.53. The van der Waals surface area contributed by atoms with Crippen LogP contribution in [0.25, 0.3) is 33.4 Å². The first kappa shape index (κ1) is 21.2. The molecule has 0 atom stereocenters. The molecule has 0 unspecified atom stereocenters. The van der Waals surface area contributed by atoms with E-state index < -0.39 is 5.97 Å². The Labute approximate surface area is 185 Å². The van der Waals surface area contributed by atoms with E-state index in [9.17, 15) is 19.8 Å². The van der Waals surface area contributed by atoms with Gasteiger partial charge in [0.2, 0.25) is 0 Å². The van der Waals surface area contributed by atoms with Gasteiger partial charge in [0.1, 0.15) is 11.3 Å². The number of hydrogen-bond donors (Lipinski definition) is 0. The SMILES string of the molecule is O=C([O-])c1ccccc1-c1c2ccc(=O)cc-2oc2cc([O-])ccc12.[Ag+].[Ag+]. The summed E-state index contributed by atoms with van der Waals surface area (Å²) in [5.41, 5.74) is 1.66. The minimum atomic E-state index is -1.31. The topological polar surface area (TPSA) is 93.4 Å². The van der Waals surface area contributed by atoms with Gasteiger partial charge >= 0.3 is 44.8 Å². The van der Waals surface area contributed by atoms with Gasteiger partial charge in [-0.25, -0.2) is 0 Å². The Balaban J connectivity index is 0.00000131. The van der Waals surface area contributed by atoms with E-state index in [0.29, 0.717) is 22.1 Å². The number of carbonyl (C=O) groups excluding carboxylic acids is 1. The Morgan fingerprint density at radius 1 is 0.889 bits per heavy atom. The van der Waals surface area contributed by atoms with Crippen LogP contribution in [0.4, 0.5) is 0 Å². The van der Waals surface area contributed by atoms with Crippen molar-refractivity contribution in [2.75, 3.05) is 0 Å². The molecule has 0 amide bonds. The molecule has 5 nitrogen and oxygen atoms in total. The molecule has 27 heavy (non-hydrogen) atoms. The number of benzene rings is 3. The molecule has 0 fully saturated rings. The Morgan fingerprint density at radius 2 is 1.63 bits per heavy atom. The van der Waals surface area contributed by atoms with Crippen LogP contribution in [0.2, 0.25) is 0 Å². The van der Waals surface area contributed by atoms with Gasteiger partial charge in [0.25, 0.3) is 0 Å². The van der Waals surface area contributed by atoms with Crippen LogP contribution in [0.15, 0.2) is 69.9 Å². The molecule has 0 aromatic heterocycles. The normalized spacial score (nSPS) is 10.2. The van der Waals surface area contributed by atoms with Crippen LogP contribution < -0.4 is 15.6 Å². The number of hydrogen-bond acceptors (Lipinski definition) is 5. The molecule has 7 heteroatoms. The van der Waals surface area contributed by atoms with Crippen molar-refractivity contribution < 1.29 is 64.2 Å². The van der Waals surface area contributed by atoms with Gasteiger partial charge in [-0.2, -0.15) is 0 Å². The fraction of sp³-hybridized carbons (Fsp3) is 0. The number of carboxylic acids is 1. The zero-order valence-electron chi connectivity index (χ0n) is 13.4. The van der Waals surface area contributed by atoms with Crippen LogP contribution in [-0.4, -0.2) is 5.97 Å². The fourth-order valence-corrected chi connectivity index (χ4v) is 3.02. The molecule has 2 aliphatic rings. The van der Waals surface area contributed by atoms with Gasteiger partial charge in [0.15, 0.2) is 5.43 Å².